The van der Waals surface area contributed by atoms with E-state index in [9.17, 15) is 9.90 Å². The third-order valence-corrected chi connectivity index (χ3v) is 7.21. The van der Waals surface area contributed by atoms with Gasteiger partial charge in [-0.2, -0.15) is 20.3 Å². The second kappa shape index (κ2) is 9.66. The van der Waals surface area contributed by atoms with Crippen LogP contribution in [0, 0.1) is 0 Å². The normalized spacial score (nSPS) is 17.5. The maximum Gasteiger partial charge on any atom is 0.301 e. The van der Waals surface area contributed by atoms with Gasteiger partial charge in [0.05, 0.1) is 17.1 Å². The Labute approximate surface area is 221 Å². The number of anilines is 2. The summed E-state index contributed by atoms with van der Waals surface area (Å²) in [4.78, 5) is 13.3. The Morgan fingerprint density at radius 2 is 1.92 bits per heavy atom. The largest absolute Gasteiger partial charge is 0.505 e. The molecule has 1 aliphatic heterocycles. The molecule has 0 unspecified atom stereocenters. The van der Waals surface area contributed by atoms with Crippen LogP contribution in [0.1, 0.15) is 43.9 Å². The summed E-state index contributed by atoms with van der Waals surface area (Å²) in [6.07, 6.45) is 2.13. The first-order valence-corrected chi connectivity index (χ1v) is 12.5. The number of hydrogen-bond acceptors (Lipinski definition) is 7. The van der Waals surface area contributed by atoms with Crippen LogP contribution in [0.2, 0.25) is 0 Å². The molecule has 9 heteroatoms. The number of amides is 1. The fraction of sp³-hybridized carbons (Fsp3) is 0.241. The molecule has 5 rings (SSSR count). The molecule has 0 saturated carbocycles. The average Bonchev–Trinajstić information content (AvgIpc) is 3.38. The molecule has 5 N–H and O–H groups in total. The van der Waals surface area contributed by atoms with E-state index >= 15 is 0 Å². The zero-order chi connectivity index (χ0) is 27.0. The molecule has 1 aliphatic carbocycles. The van der Waals surface area contributed by atoms with Crippen molar-refractivity contribution in [3.8, 4) is 16.9 Å². The van der Waals surface area contributed by atoms with E-state index in [4.69, 9.17) is 5.84 Å². The van der Waals surface area contributed by atoms with E-state index in [0.717, 1.165) is 29.7 Å². The molecule has 0 aromatic heterocycles. The molecule has 2 aliphatic rings. The summed E-state index contributed by atoms with van der Waals surface area (Å²) < 4.78 is 0. The monoisotopic (exact) mass is 509 g/mol. The molecule has 0 atom stereocenters. The maximum absolute atomic E-state index is 13.3. The van der Waals surface area contributed by atoms with Crippen molar-refractivity contribution in [2.75, 3.05) is 17.5 Å². The van der Waals surface area contributed by atoms with Crippen LogP contribution in [-0.2, 0) is 16.6 Å². The average molecular weight is 510 g/mol. The maximum atomic E-state index is 13.3. The number of para-hydroxylation sites is 1. The molecule has 9 nitrogen and oxygen atoms in total. The van der Waals surface area contributed by atoms with Gasteiger partial charge in [-0.25, -0.2) is 0 Å². The van der Waals surface area contributed by atoms with E-state index in [2.05, 4.69) is 52.0 Å². The number of nitrogens with one attached hydrogen (secondary N) is 2. The number of amidine groups is 1. The molecule has 194 valence electrons. The van der Waals surface area contributed by atoms with Gasteiger partial charge in [0.2, 0.25) is 0 Å². The summed E-state index contributed by atoms with van der Waals surface area (Å²) in [6.45, 7) is 6.19. The van der Waals surface area contributed by atoms with Gasteiger partial charge in [-0.15, -0.1) is 0 Å². The van der Waals surface area contributed by atoms with Crippen LogP contribution in [0.5, 0.6) is 5.75 Å². The minimum Gasteiger partial charge on any atom is -0.505 e. The zero-order valence-corrected chi connectivity index (χ0v) is 21.9. The molecule has 0 saturated heterocycles. The smallest absolute Gasteiger partial charge is 0.301 e. The van der Waals surface area contributed by atoms with Crippen LogP contribution >= 0.6 is 0 Å². The molecule has 0 fully saturated rings. The third-order valence-electron chi connectivity index (χ3n) is 7.21. The highest BCUT2D eigenvalue weighted by Gasteiger charge is 2.34. The molecular formula is C29H31N7O2. The summed E-state index contributed by atoms with van der Waals surface area (Å²) >= 11 is 0. The molecule has 3 aromatic carbocycles. The second-order valence-corrected chi connectivity index (χ2v) is 10.1. The van der Waals surface area contributed by atoms with Crippen molar-refractivity contribution >= 4 is 34.5 Å². The first-order valence-electron chi connectivity index (χ1n) is 12.5. The molecule has 0 bridgehead atoms. The number of aromatic hydroxyl groups is 1. The fourth-order valence-corrected chi connectivity index (χ4v) is 5.03. The highest BCUT2D eigenvalue weighted by molar-refractivity contribution is 6.71. The van der Waals surface area contributed by atoms with Crippen molar-refractivity contribution in [3.63, 3.8) is 0 Å². The van der Waals surface area contributed by atoms with Gasteiger partial charge < -0.3 is 16.3 Å². The number of hydrazone groups is 3. The second-order valence-electron chi connectivity index (χ2n) is 10.1. The number of benzene rings is 3. The molecule has 0 spiro atoms. The fourth-order valence-electron chi connectivity index (χ4n) is 5.03. The van der Waals surface area contributed by atoms with E-state index in [1.807, 2.05) is 30.3 Å². The van der Waals surface area contributed by atoms with Crippen LogP contribution < -0.4 is 21.6 Å². The highest BCUT2D eigenvalue weighted by Crippen LogP contribution is 2.40. The van der Waals surface area contributed by atoms with Crippen molar-refractivity contribution in [3.05, 3.63) is 77.4 Å². The van der Waals surface area contributed by atoms with Crippen molar-refractivity contribution in [2.24, 2.45) is 21.1 Å². The molecular weight excluding hydrogens is 478 g/mol. The first-order chi connectivity index (χ1) is 18.2. The van der Waals surface area contributed by atoms with Crippen molar-refractivity contribution in [2.45, 2.75) is 39.0 Å². The van der Waals surface area contributed by atoms with Crippen LogP contribution in [0.25, 0.3) is 11.1 Å². The Hall–Kier alpha value is -4.66. The first kappa shape index (κ1) is 25.0. The number of rotatable bonds is 5. The summed E-state index contributed by atoms with van der Waals surface area (Å²) in [6, 6.07) is 18.9. The zero-order valence-electron chi connectivity index (χ0n) is 21.9. The summed E-state index contributed by atoms with van der Waals surface area (Å²) in [5.41, 5.74) is 9.42. The standard InChI is InChI=1S/C29H31N7O2/c1-17-25(28(38)36(35-17)21-12-11-18-13-14-29(2,3)23(18)16-21)34-33-24-10-6-9-22(26(24)37)19-7-5-8-20(15-19)27(31-4)32-30/h5-12,15-16,33,37H,13-14,30H2,1-4H3,(H,31,32)/b34-25-. The Morgan fingerprint density at radius 3 is 2.68 bits per heavy atom. The Morgan fingerprint density at radius 1 is 1.13 bits per heavy atom. The number of fused-ring (bicyclic) bond motifs is 1. The summed E-state index contributed by atoms with van der Waals surface area (Å²) in [5, 5.41) is 27.9. The number of nitrogens with two attached hydrogens (primary N) is 1. The van der Waals surface area contributed by atoms with Gasteiger partial charge in [0.1, 0.15) is 5.75 Å². The van der Waals surface area contributed by atoms with Crippen molar-refractivity contribution in [1.29, 1.82) is 0 Å². The van der Waals surface area contributed by atoms with Gasteiger partial charge in [0.15, 0.2) is 11.5 Å². The quantitative estimate of drug-likeness (QED) is 0.134. The SMILES string of the molecule is CN/C(=N\N)c1cccc(-c2cccc(N/N=C3\C(=O)N(c4ccc5c(c4)C(C)(C)CC5)N=C3C)c2O)c1. The topological polar surface area (TPSA) is 128 Å². The lowest BCUT2D eigenvalue weighted by atomic mass is 9.86. The minimum atomic E-state index is -0.324. The van der Waals surface area contributed by atoms with E-state index in [0.29, 0.717) is 22.8 Å². The molecule has 1 amide bonds. The number of carbonyl (C=O) groups is 1. The Kier molecular flexibility index (Phi) is 6.36. The lowest BCUT2D eigenvalue weighted by Crippen LogP contribution is -2.28. The predicted molar refractivity (Wildman–Crippen MR) is 153 cm³/mol. The molecule has 3 aromatic rings. The van der Waals surface area contributed by atoms with Crippen LogP contribution in [0.3, 0.4) is 0 Å². The molecule has 0 radical (unpaired) electrons. The predicted octanol–water partition coefficient (Wildman–Crippen LogP) is 4.31. The van der Waals surface area contributed by atoms with Crippen LogP contribution in [0.15, 0.2) is 76.0 Å². The van der Waals surface area contributed by atoms with Gasteiger partial charge in [-0.05, 0) is 66.1 Å². The minimum absolute atomic E-state index is 0.00226. The number of nitrogens with zero attached hydrogens (tertiary/aromatic N) is 4. The number of carbonyl (C=O) groups excluding carboxylic acids is 1. The Bertz CT molecular complexity index is 1520. The van der Waals surface area contributed by atoms with E-state index in [-0.39, 0.29) is 22.8 Å². The number of phenolic OH excluding ortho intramolecular Hbond substituents is 1. The van der Waals surface area contributed by atoms with Gasteiger partial charge in [0, 0.05) is 18.2 Å². The van der Waals surface area contributed by atoms with E-state index in [1.165, 1.54) is 16.1 Å². The van der Waals surface area contributed by atoms with Crippen LogP contribution in [0.4, 0.5) is 11.4 Å². The van der Waals surface area contributed by atoms with Crippen LogP contribution in [-0.4, -0.2) is 35.3 Å². The summed E-state index contributed by atoms with van der Waals surface area (Å²) in [7, 11) is 1.74. The van der Waals surface area contributed by atoms with Crippen molar-refractivity contribution < 1.29 is 9.90 Å². The van der Waals surface area contributed by atoms with Gasteiger partial charge >= 0.3 is 5.91 Å². The van der Waals surface area contributed by atoms with Gasteiger partial charge in [-0.1, -0.05) is 50.2 Å². The Balaban J connectivity index is 1.40. The molecule has 1 heterocycles. The van der Waals surface area contributed by atoms with Crippen molar-refractivity contribution in [1.82, 2.24) is 5.32 Å². The van der Waals surface area contributed by atoms with Gasteiger partial charge in [-0.3, -0.25) is 10.2 Å². The number of hydrogen-bond donors (Lipinski definition) is 4. The number of aryl methyl sites for hydroxylation is 1. The highest BCUT2D eigenvalue weighted by atomic mass is 16.3. The van der Waals surface area contributed by atoms with E-state index in [1.54, 1.807) is 32.2 Å². The lowest BCUT2D eigenvalue weighted by Gasteiger charge is -2.21. The number of phenols is 1. The lowest BCUT2D eigenvalue weighted by molar-refractivity contribution is -0.112. The summed E-state index contributed by atoms with van der Waals surface area (Å²) in [5.74, 6) is 5.68. The molecule has 38 heavy (non-hydrogen) atoms. The third kappa shape index (κ3) is 4.36. The van der Waals surface area contributed by atoms with Gasteiger partial charge in [0.25, 0.3) is 0 Å². The van der Waals surface area contributed by atoms with E-state index < -0.39 is 0 Å².